The third-order valence-corrected chi connectivity index (χ3v) is 10.5. The molecule has 0 radical (unpaired) electrons. The highest BCUT2D eigenvalue weighted by molar-refractivity contribution is 7.47. The van der Waals surface area contributed by atoms with Crippen LogP contribution >= 0.6 is 7.82 Å². The second-order valence-electron chi connectivity index (χ2n) is 16.1. The molecule has 0 aliphatic heterocycles. The van der Waals surface area contributed by atoms with Crippen molar-refractivity contribution in [3.8, 4) is 0 Å². The maximum Gasteiger partial charge on any atom is 0.472 e. The largest absolute Gasteiger partial charge is 0.472 e. The number of carbonyl (C=O) groups excluding carboxylic acids is 2. The summed E-state index contributed by atoms with van der Waals surface area (Å²) in [6.07, 6.45) is 39.3. The minimum Gasteiger partial charge on any atom is -0.462 e. The van der Waals surface area contributed by atoms with Gasteiger partial charge in [-0.1, -0.05) is 160 Å². The number of phosphoric ester groups is 1. The number of quaternary nitrogens is 1. The van der Waals surface area contributed by atoms with Crippen LogP contribution in [0.2, 0.25) is 0 Å². The van der Waals surface area contributed by atoms with Gasteiger partial charge in [0.2, 0.25) is 0 Å². The first-order valence-corrected chi connectivity index (χ1v) is 23.6. The second kappa shape index (κ2) is 37.1. The first kappa shape index (κ1) is 52.5. The molecule has 318 valence electrons. The zero-order chi connectivity index (χ0) is 40.0. The van der Waals surface area contributed by atoms with Crippen molar-refractivity contribution < 1.29 is 42.1 Å². The Labute approximate surface area is 332 Å². The number of nitrogens with zero attached hydrogens (tertiary/aromatic N) is 1. The summed E-state index contributed by atoms with van der Waals surface area (Å²) in [6.45, 7) is 4.40. The van der Waals surface area contributed by atoms with Crippen LogP contribution in [-0.2, 0) is 32.7 Å². The number of esters is 2. The minimum atomic E-state index is -4.37. The molecule has 0 saturated heterocycles. The van der Waals surface area contributed by atoms with Crippen LogP contribution in [0.25, 0.3) is 0 Å². The second-order valence-corrected chi connectivity index (χ2v) is 17.5. The molecule has 0 aromatic heterocycles. The number of phosphoric acid groups is 1. The minimum absolute atomic E-state index is 0.0317. The van der Waals surface area contributed by atoms with Crippen molar-refractivity contribution in [1.29, 1.82) is 0 Å². The fraction of sp³-hybridized carbons (Fsp3) is 0.864. The summed E-state index contributed by atoms with van der Waals surface area (Å²) in [4.78, 5) is 35.3. The van der Waals surface area contributed by atoms with Crippen molar-refractivity contribution in [3.63, 3.8) is 0 Å². The fourth-order valence-corrected chi connectivity index (χ4v) is 6.73. The van der Waals surface area contributed by atoms with Crippen molar-refractivity contribution in [2.24, 2.45) is 0 Å². The van der Waals surface area contributed by atoms with Gasteiger partial charge in [0.25, 0.3) is 0 Å². The molecule has 0 aromatic rings. The Bertz CT molecular complexity index is 980. The molecule has 10 heteroatoms. The van der Waals surface area contributed by atoms with Gasteiger partial charge in [-0.15, -0.1) is 0 Å². The van der Waals surface area contributed by atoms with E-state index in [0.29, 0.717) is 23.9 Å². The molecule has 0 aliphatic rings. The average molecular weight is 787 g/mol. The van der Waals surface area contributed by atoms with Gasteiger partial charge in [-0.25, -0.2) is 4.57 Å². The number of hydrogen-bond acceptors (Lipinski definition) is 7. The van der Waals surface area contributed by atoms with Gasteiger partial charge in [0.05, 0.1) is 27.7 Å². The molecular weight excluding hydrogens is 701 g/mol. The third-order valence-electron chi connectivity index (χ3n) is 9.48. The average Bonchev–Trinajstić information content (AvgIpc) is 3.12. The Morgan fingerprint density at radius 1 is 0.574 bits per heavy atom. The molecule has 0 amide bonds. The summed E-state index contributed by atoms with van der Waals surface area (Å²) in [5.74, 6) is -0.802. The molecule has 0 aliphatic carbocycles. The molecule has 0 aromatic carbocycles. The van der Waals surface area contributed by atoms with Crippen LogP contribution in [0.4, 0.5) is 0 Å². The first-order valence-electron chi connectivity index (χ1n) is 22.1. The molecule has 0 heterocycles. The summed E-state index contributed by atoms with van der Waals surface area (Å²) in [7, 11) is 1.48. The zero-order valence-corrected chi connectivity index (χ0v) is 36.6. The van der Waals surface area contributed by atoms with Crippen molar-refractivity contribution >= 4 is 19.8 Å². The van der Waals surface area contributed by atoms with E-state index >= 15 is 0 Å². The summed E-state index contributed by atoms with van der Waals surface area (Å²) in [5.41, 5.74) is 0. The Morgan fingerprint density at radius 2 is 1.00 bits per heavy atom. The van der Waals surface area contributed by atoms with Gasteiger partial charge in [0.1, 0.15) is 19.8 Å². The van der Waals surface area contributed by atoms with E-state index in [1.807, 2.05) is 21.1 Å². The van der Waals surface area contributed by atoms with E-state index in [1.165, 1.54) is 109 Å². The van der Waals surface area contributed by atoms with E-state index in [1.54, 1.807) is 0 Å². The molecule has 54 heavy (non-hydrogen) atoms. The lowest BCUT2D eigenvalue weighted by Crippen LogP contribution is -2.37. The molecule has 1 N–H and O–H groups in total. The predicted molar refractivity (Wildman–Crippen MR) is 224 cm³/mol. The van der Waals surface area contributed by atoms with Crippen molar-refractivity contribution in [2.75, 3.05) is 47.5 Å². The van der Waals surface area contributed by atoms with Gasteiger partial charge in [-0.05, 0) is 44.9 Å². The standard InChI is InChI=1S/C44H84NO8P/c1-6-8-10-12-14-16-18-20-21-22-23-24-25-27-29-31-33-35-37-44(47)53-42(41-52-54(48,49)51-39-38-45(3,4)5)40-50-43(46)36-34-32-30-28-26-19-17-15-13-11-9-7-2/h16,18,21-22,42H,6-15,17,19-20,23-41H2,1-5H3/p+1/b18-16-,22-21-. The maximum atomic E-state index is 12.7. The number of unbranched alkanes of at least 4 members (excludes halogenated alkanes) is 22. The Morgan fingerprint density at radius 3 is 1.48 bits per heavy atom. The smallest absolute Gasteiger partial charge is 0.462 e. The van der Waals surface area contributed by atoms with E-state index in [-0.39, 0.29) is 25.6 Å². The van der Waals surface area contributed by atoms with Crippen LogP contribution in [0.3, 0.4) is 0 Å². The molecule has 0 spiro atoms. The number of carbonyl (C=O) groups is 2. The van der Waals surface area contributed by atoms with Crippen molar-refractivity contribution in [1.82, 2.24) is 0 Å². The Hall–Kier alpha value is -1.51. The predicted octanol–water partition coefficient (Wildman–Crippen LogP) is 12.4. The maximum absolute atomic E-state index is 12.7. The normalized spacial score (nSPS) is 13.8. The molecule has 2 atom stereocenters. The molecule has 2 unspecified atom stereocenters. The van der Waals surface area contributed by atoms with Crippen LogP contribution in [0.15, 0.2) is 24.3 Å². The van der Waals surface area contributed by atoms with E-state index in [2.05, 4.69) is 38.2 Å². The number of allylic oxidation sites excluding steroid dienone is 4. The van der Waals surface area contributed by atoms with Crippen LogP contribution in [-0.4, -0.2) is 74.9 Å². The van der Waals surface area contributed by atoms with Crippen LogP contribution < -0.4 is 0 Å². The summed E-state index contributed by atoms with van der Waals surface area (Å²) >= 11 is 0. The zero-order valence-electron chi connectivity index (χ0n) is 35.7. The van der Waals surface area contributed by atoms with Gasteiger partial charge in [0, 0.05) is 12.8 Å². The van der Waals surface area contributed by atoms with Gasteiger partial charge < -0.3 is 18.9 Å². The lowest BCUT2D eigenvalue weighted by Gasteiger charge is -2.24. The molecule has 0 bridgehead atoms. The monoisotopic (exact) mass is 787 g/mol. The topological polar surface area (TPSA) is 108 Å². The number of rotatable bonds is 40. The van der Waals surface area contributed by atoms with Gasteiger partial charge in [-0.3, -0.25) is 18.6 Å². The first-order chi connectivity index (χ1) is 26.0. The Kier molecular flexibility index (Phi) is 36.1. The lowest BCUT2D eigenvalue weighted by atomic mass is 10.0. The quantitative estimate of drug-likeness (QED) is 0.0215. The lowest BCUT2D eigenvalue weighted by molar-refractivity contribution is -0.870. The SMILES string of the molecule is CCCCCC/C=C\C/C=C\CCCCCCCCCC(=O)OC(COC(=O)CCCCCCCCCCCCCC)COP(=O)(O)OCC[N+](C)(C)C. The van der Waals surface area contributed by atoms with Crippen molar-refractivity contribution in [3.05, 3.63) is 24.3 Å². The number of hydrogen-bond donors (Lipinski definition) is 1. The van der Waals surface area contributed by atoms with Crippen molar-refractivity contribution in [2.45, 2.75) is 200 Å². The summed E-state index contributed by atoms with van der Waals surface area (Å²) < 4.78 is 34.3. The van der Waals surface area contributed by atoms with E-state index < -0.39 is 26.5 Å². The van der Waals surface area contributed by atoms with E-state index in [4.69, 9.17) is 18.5 Å². The van der Waals surface area contributed by atoms with Gasteiger partial charge in [0.15, 0.2) is 6.10 Å². The highest BCUT2D eigenvalue weighted by Crippen LogP contribution is 2.43. The molecule has 0 rings (SSSR count). The highest BCUT2D eigenvalue weighted by Gasteiger charge is 2.27. The highest BCUT2D eigenvalue weighted by atomic mass is 31.2. The Balaban J connectivity index is 4.35. The number of likely N-dealkylation sites (N-methyl/N-ethyl adjacent to an activating group) is 1. The molecule has 0 fully saturated rings. The van der Waals surface area contributed by atoms with Crippen LogP contribution in [0.5, 0.6) is 0 Å². The van der Waals surface area contributed by atoms with E-state index in [9.17, 15) is 19.0 Å². The van der Waals surface area contributed by atoms with Crippen LogP contribution in [0.1, 0.15) is 194 Å². The molecule has 9 nitrogen and oxygen atoms in total. The van der Waals surface area contributed by atoms with Crippen LogP contribution in [0, 0.1) is 0 Å². The third kappa shape index (κ3) is 40.2. The number of ether oxygens (including phenoxy) is 2. The summed E-state index contributed by atoms with van der Waals surface area (Å²) in [5, 5.41) is 0. The van der Waals surface area contributed by atoms with Gasteiger partial charge >= 0.3 is 19.8 Å². The fourth-order valence-electron chi connectivity index (χ4n) is 5.99. The summed E-state index contributed by atoms with van der Waals surface area (Å²) in [6, 6.07) is 0. The molecular formula is C44H85NO8P+. The van der Waals surface area contributed by atoms with Gasteiger partial charge in [-0.2, -0.15) is 0 Å². The van der Waals surface area contributed by atoms with E-state index in [0.717, 1.165) is 51.4 Å². The molecule has 0 saturated carbocycles.